The first kappa shape index (κ1) is 24.0. The van der Waals surface area contributed by atoms with Crippen LogP contribution in [0.4, 0.5) is 0 Å². The van der Waals surface area contributed by atoms with Gasteiger partial charge in [-0.2, -0.15) is 13.5 Å². The smallest absolute Gasteiger partial charge is 0.341 e. The van der Waals surface area contributed by atoms with E-state index in [0.717, 1.165) is 38.4 Å². The van der Waals surface area contributed by atoms with E-state index in [1.807, 2.05) is 42.5 Å². The number of hydrogen-bond donors (Lipinski definition) is 1. The zero-order valence-corrected chi connectivity index (χ0v) is 20.1. The number of rotatable bonds is 7. The van der Waals surface area contributed by atoms with E-state index in [1.165, 1.54) is 32.1 Å². The third kappa shape index (κ3) is 5.00. The molecule has 176 valence electrons. The summed E-state index contributed by atoms with van der Waals surface area (Å²) >= 11 is 0. The van der Waals surface area contributed by atoms with Crippen LogP contribution in [0.3, 0.4) is 0 Å². The summed E-state index contributed by atoms with van der Waals surface area (Å²) in [6.07, 6.45) is 6.29. The Balaban J connectivity index is 0.00000274. The Hall–Kier alpha value is -3.18. The Morgan fingerprint density at radius 2 is 1.26 bits per heavy atom. The van der Waals surface area contributed by atoms with E-state index in [4.69, 9.17) is 9.47 Å². The van der Waals surface area contributed by atoms with Gasteiger partial charge in [0.1, 0.15) is 11.5 Å². The first-order chi connectivity index (χ1) is 16.2. The molecule has 4 aromatic carbocycles. The number of benzene rings is 4. The summed E-state index contributed by atoms with van der Waals surface area (Å²) in [6.45, 7) is 0.301. The summed E-state index contributed by atoms with van der Waals surface area (Å²) in [6, 6.07) is 24.4. The molecule has 0 saturated heterocycles. The number of carboxylic acids is 1. The number of ether oxygens (including phenoxy) is 2. The van der Waals surface area contributed by atoms with Gasteiger partial charge < -0.3 is 14.6 Å². The molecule has 0 aliphatic heterocycles. The molecule has 0 heterocycles. The highest BCUT2D eigenvalue weighted by Crippen LogP contribution is 2.45. The van der Waals surface area contributed by atoms with Crippen molar-refractivity contribution >= 4 is 41.0 Å². The maximum Gasteiger partial charge on any atom is 0.341 e. The van der Waals surface area contributed by atoms with E-state index >= 15 is 0 Å². The molecule has 5 heteroatoms. The van der Waals surface area contributed by atoms with Crippen molar-refractivity contribution in [2.75, 3.05) is 13.2 Å². The van der Waals surface area contributed by atoms with Gasteiger partial charge in [-0.1, -0.05) is 79.9 Å². The van der Waals surface area contributed by atoms with Crippen LogP contribution in [0.2, 0.25) is 0 Å². The number of fused-ring (bicyclic) bond motifs is 2. The third-order valence-corrected chi connectivity index (χ3v) is 6.58. The molecule has 0 radical (unpaired) electrons. The van der Waals surface area contributed by atoms with Crippen LogP contribution < -0.4 is 9.47 Å². The van der Waals surface area contributed by atoms with Gasteiger partial charge in [-0.15, -0.1) is 0 Å². The molecular formula is C29H30O4S. The summed E-state index contributed by atoms with van der Waals surface area (Å²) in [5, 5.41) is 13.5. The van der Waals surface area contributed by atoms with E-state index in [2.05, 4.69) is 30.3 Å². The first-order valence-corrected chi connectivity index (χ1v) is 11.7. The molecule has 0 aromatic heterocycles. The predicted octanol–water partition coefficient (Wildman–Crippen LogP) is 7.20. The Morgan fingerprint density at radius 1 is 0.735 bits per heavy atom. The van der Waals surface area contributed by atoms with Gasteiger partial charge in [0.05, 0.1) is 6.61 Å². The molecule has 34 heavy (non-hydrogen) atoms. The van der Waals surface area contributed by atoms with Crippen molar-refractivity contribution in [3.05, 3.63) is 72.8 Å². The zero-order chi connectivity index (χ0) is 22.6. The molecule has 1 aliphatic rings. The maximum atomic E-state index is 11.3. The van der Waals surface area contributed by atoms with Crippen molar-refractivity contribution in [2.45, 2.75) is 32.1 Å². The van der Waals surface area contributed by atoms with Crippen LogP contribution in [-0.4, -0.2) is 24.3 Å². The lowest BCUT2D eigenvalue weighted by atomic mass is 9.90. The van der Waals surface area contributed by atoms with Gasteiger partial charge in [0, 0.05) is 11.1 Å². The maximum absolute atomic E-state index is 11.3. The molecule has 0 bridgehead atoms. The fourth-order valence-electron chi connectivity index (χ4n) is 4.96. The van der Waals surface area contributed by atoms with Crippen LogP contribution in [0, 0.1) is 5.92 Å². The molecule has 1 saturated carbocycles. The van der Waals surface area contributed by atoms with Crippen LogP contribution in [0.15, 0.2) is 72.8 Å². The van der Waals surface area contributed by atoms with Crippen LogP contribution in [0.25, 0.3) is 32.7 Å². The Kier molecular flexibility index (Phi) is 7.63. The lowest BCUT2D eigenvalue weighted by Gasteiger charge is -2.24. The fourth-order valence-corrected chi connectivity index (χ4v) is 4.96. The van der Waals surface area contributed by atoms with Crippen molar-refractivity contribution in [3.8, 4) is 22.6 Å². The standard InChI is InChI=1S/C29H28O4.H2S/c30-27(31)19-33-26-17-15-22-11-5-7-13-24(22)29(26)28-23-12-6-4-10-21(23)14-16-25(28)32-18-20-8-2-1-3-9-20;/h4-7,10-17,20H,1-3,8-9,18-19H2,(H,30,31);1H2. The largest absolute Gasteiger partial charge is 0.493 e. The van der Waals surface area contributed by atoms with E-state index in [9.17, 15) is 9.90 Å². The summed E-state index contributed by atoms with van der Waals surface area (Å²) in [5.74, 6) is 0.944. The minimum Gasteiger partial charge on any atom is -0.493 e. The van der Waals surface area contributed by atoms with E-state index in [0.29, 0.717) is 18.3 Å². The van der Waals surface area contributed by atoms with Crippen LogP contribution in [0.1, 0.15) is 32.1 Å². The molecule has 0 spiro atoms. The van der Waals surface area contributed by atoms with Crippen molar-refractivity contribution < 1.29 is 19.4 Å². The van der Waals surface area contributed by atoms with Crippen LogP contribution >= 0.6 is 13.5 Å². The molecule has 1 N–H and O–H groups in total. The van der Waals surface area contributed by atoms with E-state index in [-0.39, 0.29) is 13.5 Å². The van der Waals surface area contributed by atoms with Crippen LogP contribution in [0.5, 0.6) is 11.5 Å². The molecule has 1 aliphatic carbocycles. The van der Waals surface area contributed by atoms with Crippen molar-refractivity contribution in [3.63, 3.8) is 0 Å². The summed E-state index contributed by atoms with van der Waals surface area (Å²) in [5.41, 5.74) is 1.84. The molecule has 4 nitrogen and oxygen atoms in total. The van der Waals surface area contributed by atoms with Crippen molar-refractivity contribution in [1.82, 2.24) is 0 Å². The summed E-state index contributed by atoms with van der Waals surface area (Å²) in [4.78, 5) is 11.3. The summed E-state index contributed by atoms with van der Waals surface area (Å²) in [7, 11) is 0. The number of carbonyl (C=O) groups is 1. The van der Waals surface area contributed by atoms with Gasteiger partial charge in [-0.25, -0.2) is 4.79 Å². The Labute approximate surface area is 207 Å². The zero-order valence-electron chi connectivity index (χ0n) is 19.1. The van der Waals surface area contributed by atoms with Crippen LogP contribution in [-0.2, 0) is 4.79 Å². The van der Waals surface area contributed by atoms with Gasteiger partial charge >= 0.3 is 5.97 Å². The monoisotopic (exact) mass is 474 g/mol. The quantitative estimate of drug-likeness (QED) is 0.308. The lowest BCUT2D eigenvalue weighted by molar-refractivity contribution is -0.139. The van der Waals surface area contributed by atoms with E-state index in [1.54, 1.807) is 0 Å². The second-order valence-electron chi connectivity index (χ2n) is 8.82. The molecule has 5 rings (SSSR count). The SMILES string of the molecule is O=C(O)COc1ccc2ccccc2c1-c1c(OCC2CCCCC2)ccc2ccccc12.S. The molecule has 0 unspecified atom stereocenters. The fraction of sp³-hybridized carbons (Fsp3) is 0.276. The number of aliphatic carboxylic acids is 1. The molecule has 4 aromatic rings. The third-order valence-electron chi connectivity index (χ3n) is 6.58. The topological polar surface area (TPSA) is 55.8 Å². The second-order valence-corrected chi connectivity index (χ2v) is 8.82. The molecule has 1 fully saturated rings. The van der Waals surface area contributed by atoms with Gasteiger partial charge in [0.2, 0.25) is 0 Å². The highest BCUT2D eigenvalue weighted by atomic mass is 32.1. The van der Waals surface area contributed by atoms with Gasteiger partial charge in [-0.05, 0) is 52.4 Å². The van der Waals surface area contributed by atoms with Gasteiger partial charge in [0.15, 0.2) is 6.61 Å². The average molecular weight is 475 g/mol. The second kappa shape index (κ2) is 10.8. The molecular weight excluding hydrogens is 444 g/mol. The van der Waals surface area contributed by atoms with Gasteiger partial charge in [0.25, 0.3) is 0 Å². The lowest BCUT2D eigenvalue weighted by Crippen LogP contribution is -2.15. The highest BCUT2D eigenvalue weighted by molar-refractivity contribution is 7.59. The Morgan fingerprint density at radius 3 is 1.82 bits per heavy atom. The van der Waals surface area contributed by atoms with Gasteiger partial charge in [-0.3, -0.25) is 0 Å². The Bertz CT molecular complexity index is 1290. The normalized spacial score (nSPS) is 14.0. The minimum atomic E-state index is -0.999. The molecule has 0 atom stereocenters. The number of hydrogen-bond acceptors (Lipinski definition) is 3. The van der Waals surface area contributed by atoms with Crippen molar-refractivity contribution in [2.24, 2.45) is 5.92 Å². The average Bonchev–Trinajstić information content (AvgIpc) is 2.86. The highest BCUT2D eigenvalue weighted by Gasteiger charge is 2.21. The minimum absolute atomic E-state index is 0. The summed E-state index contributed by atoms with van der Waals surface area (Å²) < 4.78 is 12.3. The predicted molar refractivity (Wildman–Crippen MR) is 142 cm³/mol. The molecule has 0 amide bonds. The first-order valence-electron chi connectivity index (χ1n) is 11.7. The number of carboxylic acid groups (broad SMARTS) is 1. The van der Waals surface area contributed by atoms with E-state index < -0.39 is 12.6 Å². The van der Waals surface area contributed by atoms with Crippen molar-refractivity contribution in [1.29, 1.82) is 0 Å².